The van der Waals surface area contributed by atoms with Crippen molar-refractivity contribution in [2.45, 2.75) is 52.7 Å². The predicted octanol–water partition coefficient (Wildman–Crippen LogP) is 1.55. The average Bonchev–Trinajstić information content (AvgIpc) is 1.89. The Balaban J connectivity index is 0. The van der Waals surface area contributed by atoms with E-state index in [0.717, 1.165) is 0 Å². The summed E-state index contributed by atoms with van der Waals surface area (Å²) >= 11 is 0. The van der Waals surface area contributed by atoms with Gasteiger partial charge < -0.3 is 10.2 Å². The summed E-state index contributed by atoms with van der Waals surface area (Å²) in [6, 6.07) is 0. The molecule has 0 radical (unpaired) electrons. The van der Waals surface area contributed by atoms with E-state index in [4.69, 9.17) is 10.2 Å². The molecule has 64 valence electrons. The van der Waals surface area contributed by atoms with Gasteiger partial charge in [0, 0.05) is 0 Å². The van der Waals surface area contributed by atoms with Gasteiger partial charge in [-0.2, -0.15) is 0 Å². The van der Waals surface area contributed by atoms with Crippen molar-refractivity contribution in [3.8, 4) is 0 Å². The molecule has 0 amide bonds. The third kappa shape index (κ3) is 15.7. The van der Waals surface area contributed by atoms with Crippen LogP contribution in [0, 0.1) is 0 Å². The molecule has 2 heteroatoms. The molecule has 2 unspecified atom stereocenters. The summed E-state index contributed by atoms with van der Waals surface area (Å²) in [6.45, 7) is 7.45. The van der Waals surface area contributed by atoms with Gasteiger partial charge in [0.1, 0.15) is 0 Å². The van der Waals surface area contributed by atoms with Gasteiger partial charge in [-0.3, -0.25) is 0 Å². The predicted molar refractivity (Wildman–Crippen MR) is 43.9 cm³/mol. The second-order valence-corrected chi connectivity index (χ2v) is 2.48. The molecule has 2 atom stereocenters. The number of rotatable bonds is 2. The van der Waals surface area contributed by atoms with Crippen molar-refractivity contribution in [3.05, 3.63) is 0 Å². The monoisotopic (exact) mass is 148 g/mol. The number of aliphatic hydroxyl groups excluding tert-OH is 2. The lowest BCUT2D eigenvalue weighted by molar-refractivity contribution is 0.0438. The summed E-state index contributed by atoms with van der Waals surface area (Å²) in [5.74, 6) is 0. The molecule has 0 aliphatic rings. The fourth-order valence-electron chi connectivity index (χ4n) is 0. The molecule has 0 spiro atoms. The standard InChI is InChI=1S/C4H10O2.C4H10/c1-3(5)4(2)6;1-3-4-2/h3-6H,1-2H3;3-4H2,1-2H3. The van der Waals surface area contributed by atoms with Crippen LogP contribution in [0.4, 0.5) is 0 Å². The zero-order chi connectivity index (χ0) is 8.57. The first-order chi connectivity index (χ1) is 4.56. The largest absolute Gasteiger partial charge is 0.391 e. The summed E-state index contributed by atoms with van der Waals surface area (Å²) < 4.78 is 0. The lowest BCUT2D eigenvalue weighted by Gasteiger charge is -2.03. The Morgan fingerprint density at radius 1 is 0.900 bits per heavy atom. The first kappa shape index (κ1) is 12.6. The van der Waals surface area contributed by atoms with Crippen molar-refractivity contribution >= 4 is 0 Å². The van der Waals surface area contributed by atoms with Gasteiger partial charge >= 0.3 is 0 Å². The van der Waals surface area contributed by atoms with Gasteiger partial charge in [-0.15, -0.1) is 0 Å². The highest BCUT2D eigenvalue weighted by molar-refractivity contribution is 4.50. The summed E-state index contributed by atoms with van der Waals surface area (Å²) in [4.78, 5) is 0. The highest BCUT2D eigenvalue weighted by Gasteiger charge is 1.99. The van der Waals surface area contributed by atoms with Gasteiger partial charge in [0.05, 0.1) is 12.2 Å². The van der Waals surface area contributed by atoms with Crippen molar-refractivity contribution in [3.63, 3.8) is 0 Å². The molecule has 0 heterocycles. The molecule has 0 saturated heterocycles. The van der Waals surface area contributed by atoms with Crippen LogP contribution in [0.25, 0.3) is 0 Å². The lowest BCUT2D eigenvalue weighted by atomic mass is 10.3. The van der Waals surface area contributed by atoms with Crippen LogP contribution in [0.5, 0.6) is 0 Å². The number of hydrogen-bond donors (Lipinski definition) is 2. The van der Waals surface area contributed by atoms with E-state index in [1.54, 1.807) is 13.8 Å². The second-order valence-electron chi connectivity index (χ2n) is 2.48. The Labute approximate surface area is 63.9 Å². The maximum absolute atomic E-state index is 8.38. The lowest BCUT2D eigenvalue weighted by Crippen LogP contribution is -2.17. The Bertz CT molecular complexity index is 43.2. The smallest absolute Gasteiger partial charge is 0.0768 e. The number of unbranched alkanes of at least 4 members (excludes halogenated alkanes) is 1. The van der Waals surface area contributed by atoms with Gasteiger partial charge in [-0.25, -0.2) is 0 Å². The molecule has 2 N–H and O–H groups in total. The third-order valence-electron chi connectivity index (χ3n) is 1.20. The molecule has 0 rings (SSSR count). The first-order valence-electron chi connectivity index (χ1n) is 3.92. The van der Waals surface area contributed by atoms with Crippen LogP contribution in [0.3, 0.4) is 0 Å². The third-order valence-corrected chi connectivity index (χ3v) is 1.20. The van der Waals surface area contributed by atoms with E-state index in [1.807, 2.05) is 0 Å². The molecule has 0 aromatic carbocycles. The van der Waals surface area contributed by atoms with Gasteiger partial charge in [0.2, 0.25) is 0 Å². The fraction of sp³-hybridized carbons (Fsp3) is 1.00. The van der Waals surface area contributed by atoms with Crippen LogP contribution in [0.2, 0.25) is 0 Å². The van der Waals surface area contributed by atoms with Crippen molar-refractivity contribution in [1.29, 1.82) is 0 Å². The van der Waals surface area contributed by atoms with Gasteiger partial charge in [0.25, 0.3) is 0 Å². The molecule has 0 fully saturated rings. The minimum Gasteiger partial charge on any atom is -0.391 e. The van der Waals surface area contributed by atoms with E-state index in [0.29, 0.717) is 0 Å². The van der Waals surface area contributed by atoms with Gasteiger partial charge in [0.15, 0.2) is 0 Å². The van der Waals surface area contributed by atoms with Crippen LogP contribution in [0.1, 0.15) is 40.5 Å². The van der Waals surface area contributed by atoms with Gasteiger partial charge in [-0.1, -0.05) is 26.7 Å². The highest BCUT2D eigenvalue weighted by atomic mass is 16.3. The molecular weight excluding hydrogens is 128 g/mol. The molecular formula is C8H20O2. The van der Waals surface area contributed by atoms with Crippen LogP contribution >= 0.6 is 0 Å². The van der Waals surface area contributed by atoms with Crippen molar-refractivity contribution < 1.29 is 10.2 Å². The molecule has 0 aliphatic carbocycles. The highest BCUT2D eigenvalue weighted by Crippen LogP contribution is 1.85. The van der Waals surface area contributed by atoms with Crippen molar-refractivity contribution in [2.24, 2.45) is 0 Å². The fourth-order valence-corrected chi connectivity index (χ4v) is 0. The zero-order valence-corrected chi connectivity index (χ0v) is 7.46. The van der Waals surface area contributed by atoms with E-state index in [9.17, 15) is 0 Å². The SMILES string of the molecule is CC(O)C(C)O.CCCC. The summed E-state index contributed by atoms with van der Waals surface area (Å²) in [7, 11) is 0. The van der Waals surface area contributed by atoms with E-state index >= 15 is 0 Å². The Morgan fingerprint density at radius 3 is 1.10 bits per heavy atom. The maximum Gasteiger partial charge on any atom is 0.0768 e. The van der Waals surface area contributed by atoms with E-state index < -0.39 is 12.2 Å². The van der Waals surface area contributed by atoms with Gasteiger partial charge in [-0.05, 0) is 13.8 Å². The topological polar surface area (TPSA) is 40.5 Å². The van der Waals surface area contributed by atoms with Crippen LogP contribution < -0.4 is 0 Å². The molecule has 0 saturated carbocycles. The molecule has 0 aromatic heterocycles. The summed E-state index contributed by atoms with van der Waals surface area (Å²) in [5.41, 5.74) is 0. The zero-order valence-electron chi connectivity index (χ0n) is 7.46. The quantitative estimate of drug-likeness (QED) is 0.624. The van der Waals surface area contributed by atoms with Crippen LogP contribution in [-0.4, -0.2) is 22.4 Å². The molecule has 2 nitrogen and oxygen atoms in total. The minimum absolute atomic E-state index is 0.593. The Morgan fingerprint density at radius 2 is 1.10 bits per heavy atom. The molecule has 0 aromatic rings. The Hall–Kier alpha value is -0.0800. The Kier molecular flexibility index (Phi) is 11.2. The maximum atomic E-state index is 8.38. The van der Waals surface area contributed by atoms with E-state index in [2.05, 4.69) is 13.8 Å². The van der Waals surface area contributed by atoms with Crippen molar-refractivity contribution in [2.75, 3.05) is 0 Å². The number of hydrogen-bond acceptors (Lipinski definition) is 2. The average molecular weight is 148 g/mol. The molecule has 0 aliphatic heterocycles. The minimum atomic E-state index is -0.593. The van der Waals surface area contributed by atoms with E-state index in [1.165, 1.54) is 12.8 Å². The summed E-state index contributed by atoms with van der Waals surface area (Å²) in [5, 5.41) is 16.8. The molecule has 10 heavy (non-hydrogen) atoms. The van der Waals surface area contributed by atoms with E-state index in [-0.39, 0.29) is 0 Å². The number of aliphatic hydroxyl groups is 2. The van der Waals surface area contributed by atoms with Crippen LogP contribution in [0.15, 0.2) is 0 Å². The summed E-state index contributed by atoms with van der Waals surface area (Å²) in [6.07, 6.45) is 1.45. The van der Waals surface area contributed by atoms with Crippen molar-refractivity contribution in [1.82, 2.24) is 0 Å². The first-order valence-corrected chi connectivity index (χ1v) is 3.92. The molecule has 0 bridgehead atoms. The normalized spacial score (nSPS) is 15.0. The van der Waals surface area contributed by atoms with Crippen LogP contribution in [-0.2, 0) is 0 Å². The second kappa shape index (κ2) is 8.92.